The Hall–Kier alpha value is -1.83. The van der Waals surface area contributed by atoms with Gasteiger partial charge in [0.2, 0.25) is 0 Å². The summed E-state index contributed by atoms with van der Waals surface area (Å²) >= 11 is 1.66. The topological polar surface area (TPSA) is 78.9 Å². The Morgan fingerprint density at radius 2 is 2.21 bits per heavy atom. The molecule has 0 saturated carbocycles. The molecule has 1 aromatic heterocycles. The van der Waals surface area contributed by atoms with Crippen LogP contribution in [0.1, 0.15) is 31.5 Å². The number of aromatic nitrogens is 1. The number of carbonyl (C=O) groups is 1. The lowest BCUT2D eigenvalue weighted by atomic mass is 10.1. The van der Waals surface area contributed by atoms with Crippen molar-refractivity contribution in [1.82, 2.24) is 20.5 Å². The monoisotopic (exact) mass is 353 g/mol. The van der Waals surface area contributed by atoms with E-state index >= 15 is 0 Å². The fourth-order valence-corrected chi connectivity index (χ4v) is 2.91. The summed E-state index contributed by atoms with van der Waals surface area (Å²) in [7, 11) is 1.74. The first-order valence-electron chi connectivity index (χ1n) is 8.13. The molecule has 2 heterocycles. The first-order chi connectivity index (χ1) is 11.3. The lowest BCUT2D eigenvalue weighted by molar-refractivity contribution is 0.00701. The Morgan fingerprint density at radius 1 is 1.50 bits per heavy atom. The summed E-state index contributed by atoms with van der Waals surface area (Å²) in [6, 6.07) is 0.199. The fourth-order valence-electron chi connectivity index (χ4n) is 2.27. The molecule has 1 aliphatic heterocycles. The number of thiazole rings is 1. The lowest BCUT2D eigenvalue weighted by Crippen LogP contribution is -2.63. The Morgan fingerprint density at radius 3 is 2.75 bits per heavy atom. The zero-order valence-electron chi connectivity index (χ0n) is 15.0. The third-order valence-corrected chi connectivity index (χ3v) is 4.26. The molecule has 0 spiro atoms. The molecule has 1 aliphatic rings. The minimum atomic E-state index is -0.457. The van der Waals surface area contributed by atoms with Crippen LogP contribution in [0, 0.1) is 6.92 Å². The highest BCUT2D eigenvalue weighted by Crippen LogP contribution is 2.15. The van der Waals surface area contributed by atoms with Crippen molar-refractivity contribution in [3.63, 3.8) is 0 Å². The summed E-state index contributed by atoms with van der Waals surface area (Å²) in [6.45, 7) is 9.64. The normalized spacial score (nSPS) is 15.9. The van der Waals surface area contributed by atoms with Crippen LogP contribution in [0.15, 0.2) is 10.4 Å². The number of likely N-dealkylation sites (tertiary alicyclic amines) is 1. The van der Waals surface area contributed by atoms with Gasteiger partial charge in [0.05, 0.1) is 16.7 Å². The molecule has 1 amide bonds. The highest BCUT2D eigenvalue weighted by molar-refractivity contribution is 7.09. The summed E-state index contributed by atoms with van der Waals surface area (Å²) < 4.78 is 5.34. The number of nitrogens with zero attached hydrogens (tertiary/aromatic N) is 3. The number of hydrogen-bond donors (Lipinski definition) is 2. The Labute approximate surface area is 147 Å². The molecule has 0 aliphatic carbocycles. The quantitative estimate of drug-likeness (QED) is 0.637. The molecule has 0 unspecified atom stereocenters. The van der Waals surface area contributed by atoms with Gasteiger partial charge in [0.1, 0.15) is 5.60 Å². The van der Waals surface area contributed by atoms with Crippen LogP contribution in [-0.2, 0) is 11.2 Å². The largest absolute Gasteiger partial charge is 0.444 e. The number of aryl methyl sites for hydroxylation is 1. The van der Waals surface area contributed by atoms with Crippen LogP contribution in [0.3, 0.4) is 0 Å². The van der Waals surface area contributed by atoms with Crippen molar-refractivity contribution in [3.8, 4) is 0 Å². The molecule has 1 saturated heterocycles. The van der Waals surface area contributed by atoms with Gasteiger partial charge in [0, 0.05) is 38.5 Å². The van der Waals surface area contributed by atoms with Gasteiger partial charge in [0.25, 0.3) is 0 Å². The molecule has 1 aromatic rings. The first kappa shape index (κ1) is 18.5. The van der Waals surface area contributed by atoms with E-state index in [0.717, 1.165) is 29.6 Å². The molecule has 0 aromatic carbocycles. The fraction of sp³-hybridized carbons (Fsp3) is 0.688. The number of amides is 1. The zero-order valence-corrected chi connectivity index (χ0v) is 15.9. The second-order valence-corrected chi connectivity index (χ2v) is 7.90. The first-order valence-corrected chi connectivity index (χ1v) is 9.01. The van der Waals surface area contributed by atoms with Gasteiger partial charge in [0.15, 0.2) is 5.96 Å². The third-order valence-electron chi connectivity index (χ3n) is 3.44. The molecular formula is C16H27N5O2S. The average molecular weight is 353 g/mol. The zero-order chi connectivity index (χ0) is 17.7. The van der Waals surface area contributed by atoms with E-state index in [4.69, 9.17) is 4.74 Å². The predicted molar refractivity (Wildman–Crippen MR) is 96.6 cm³/mol. The number of hydrogen-bond acceptors (Lipinski definition) is 5. The summed E-state index contributed by atoms with van der Waals surface area (Å²) in [5, 5.41) is 9.76. The third kappa shape index (κ3) is 5.67. The van der Waals surface area contributed by atoms with Crippen molar-refractivity contribution in [2.75, 3.05) is 26.7 Å². The molecule has 7 nitrogen and oxygen atoms in total. The molecule has 2 rings (SSSR count). The lowest BCUT2D eigenvalue weighted by Gasteiger charge is -2.40. The van der Waals surface area contributed by atoms with Crippen LogP contribution in [0.2, 0.25) is 0 Å². The maximum atomic E-state index is 11.9. The van der Waals surface area contributed by atoms with Gasteiger partial charge in [-0.2, -0.15) is 0 Å². The number of guanidine groups is 1. The minimum Gasteiger partial charge on any atom is -0.444 e. The van der Waals surface area contributed by atoms with Gasteiger partial charge in [-0.15, -0.1) is 11.3 Å². The summed E-state index contributed by atoms with van der Waals surface area (Å²) in [5.41, 5.74) is 0.640. The van der Waals surface area contributed by atoms with E-state index in [1.165, 1.54) is 0 Å². The second kappa shape index (κ2) is 7.83. The number of ether oxygens (including phenoxy) is 1. The smallest absolute Gasteiger partial charge is 0.410 e. The Bertz CT molecular complexity index is 588. The van der Waals surface area contributed by atoms with E-state index in [1.807, 2.05) is 27.7 Å². The molecule has 0 bridgehead atoms. The van der Waals surface area contributed by atoms with Gasteiger partial charge < -0.3 is 20.3 Å². The summed E-state index contributed by atoms with van der Waals surface area (Å²) in [6.07, 6.45) is 0.599. The van der Waals surface area contributed by atoms with Gasteiger partial charge in [-0.1, -0.05) is 0 Å². The maximum absolute atomic E-state index is 11.9. The molecule has 0 atom stereocenters. The second-order valence-electron chi connectivity index (χ2n) is 6.83. The molecular weight excluding hydrogens is 326 g/mol. The number of rotatable bonds is 4. The van der Waals surface area contributed by atoms with Gasteiger partial charge in [-0.05, 0) is 27.7 Å². The molecule has 2 N–H and O–H groups in total. The van der Waals surface area contributed by atoms with Gasteiger partial charge in [-0.3, -0.25) is 4.99 Å². The van der Waals surface area contributed by atoms with Crippen molar-refractivity contribution in [3.05, 3.63) is 16.1 Å². The number of carbonyl (C=O) groups excluding carboxylic acids is 1. The molecule has 8 heteroatoms. The van der Waals surface area contributed by atoms with Crippen molar-refractivity contribution in [2.24, 2.45) is 4.99 Å². The van der Waals surface area contributed by atoms with Crippen LogP contribution in [0.25, 0.3) is 0 Å². The number of nitrogens with one attached hydrogen (secondary N) is 2. The number of aliphatic imine (C=N–C) groups is 1. The summed E-state index contributed by atoms with van der Waals surface area (Å²) in [4.78, 5) is 22.2. The highest BCUT2D eigenvalue weighted by atomic mass is 32.1. The average Bonchev–Trinajstić information content (AvgIpc) is 2.83. The minimum absolute atomic E-state index is 0.199. The molecule has 0 radical (unpaired) electrons. The van der Waals surface area contributed by atoms with Crippen molar-refractivity contribution >= 4 is 23.4 Å². The highest BCUT2D eigenvalue weighted by Gasteiger charge is 2.34. The van der Waals surface area contributed by atoms with Crippen LogP contribution < -0.4 is 10.6 Å². The van der Waals surface area contributed by atoms with Gasteiger partial charge >= 0.3 is 6.09 Å². The maximum Gasteiger partial charge on any atom is 0.410 e. The molecule has 134 valence electrons. The summed E-state index contributed by atoms with van der Waals surface area (Å²) in [5.74, 6) is 0.746. The standard InChI is InChI=1S/C16H27N5O2S/c1-11-19-12(10-24-11)6-7-18-14(17-5)20-13-8-21(9-13)15(22)23-16(2,3)4/h10,13H,6-9H2,1-5H3,(H2,17,18,20). The van der Waals surface area contributed by atoms with E-state index in [-0.39, 0.29) is 12.1 Å². The SMILES string of the molecule is CN=C(NCCc1csc(C)n1)NC1CN(C(=O)OC(C)(C)C)C1. The van der Waals surface area contributed by atoms with E-state index in [9.17, 15) is 4.79 Å². The van der Waals surface area contributed by atoms with Crippen LogP contribution in [0.5, 0.6) is 0 Å². The van der Waals surface area contributed by atoms with Crippen LogP contribution in [-0.4, -0.2) is 60.3 Å². The van der Waals surface area contributed by atoms with Crippen molar-refractivity contribution in [2.45, 2.75) is 45.8 Å². The van der Waals surface area contributed by atoms with E-state index < -0.39 is 5.60 Å². The van der Waals surface area contributed by atoms with Crippen LogP contribution >= 0.6 is 11.3 Å². The van der Waals surface area contributed by atoms with Crippen LogP contribution in [0.4, 0.5) is 4.79 Å². The predicted octanol–water partition coefficient (Wildman–Crippen LogP) is 1.78. The molecule has 1 fully saturated rings. The van der Waals surface area contributed by atoms with Gasteiger partial charge in [-0.25, -0.2) is 9.78 Å². The van der Waals surface area contributed by atoms with Crippen molar-refractivity contribution in [1.29, 1.82) is 0 Å². The Kier molecular flexibility index (Phi) is 6.04. The van der Waals surface area contributed by atoms with E-state index in [0.29, 0.717) is 13.1 Å². The van der Waals surface area contributed by atoms with E-state index in [1.54, 1.807) is 23.3 Å². The van der Waals surface area contributed by atoms with Crippen molar-refractivity contribution < 1.29 is 9.53 Å². The Balaban J connectivity index is 1.67. The van der Waals surface area contributed by atoms with E-state index in [2.05, 4.69) is 26.0 Å². The molecule has 24 heavy (non-hydrogen) atoms.